The van der Waals surface area contributed by atoms with Crippen molar-refractivity contribution in [2.24, 2.45) is 10.7 Å². The molecule has 0 radical (unpaired) electrons. The quantitative estimate of drug-likeness (QED) is 0.389. The molecule has 0 unspecified atom stereocenters. The Kier molecular flexibility index (Phi) is 4.50. The van der Waals surface area contributed by atoms with E-state index in [4.69, 9.17) is 5.73 Å². The fourth-order valence-electron chi connectivity index (χ4n) is 2.45. The topological polar surface area (TPSA) is 114 Å². The van der Waals surface area contributed by atoms with Crippen molar-refractivity contribution in [3.63, 3.8) is 0 Å². The lowest BCUT2D eigenvalue weighted by Crippen LogP contribution is -2.51. The van der Waals surface area contributed by atoms with Crippen LogP contribution in [0.1, 0.15) is 0 Å². The molecule has 0 aromatic carbocycles. The van der Waals surface area contributed by atoms with Gasteiger partial charge in [0.2, 0.25) is 0 Å². The third-order valence-electron chi connectivity index (χ3n) is 3.75. The van der Waals surface area contributed by atoms with Gasteiger partial charge in [0.15, 0.2) is 11.8 Å². The lowest BCUT2D eigenvalue weighted by atomic mass is 10.3. The van der Waals surface area contributed by atoms with Crippen molar-refractivity contribution in [3.05, 3.63) is 52.8 Å². The van der Waals surface area contributed by atoms with E-state index in [0.717, 1.165) is 32.0 Å². The van der Waals surface area contributed by atoms with Gasteiger partial charge in [0.1, 0.15) is 12.0 Å². The molecule has 9 nitrogen and oxygen atoms in total. The normalized spacial score (nSPS) is 15.4. The Labute approximate surface area is 138 Å². The number of aliphatic imine (C=N–C) groups is 1. The van der Waals surface area contributed by atoms with E-state index in [1.807, 2.05) is 23.1 Å². The maximum Gasteiger partial charge on any atom is 0.287 e. The molecule has 0 atom stereocenters. The van der Waals surface area contributed by atoms with Gasteiger partial charge in [0, 0.05) is 38.4 Å². The summed E-state index contributed by atoms with van der Waals surface area (Å²) in [5, 5.41) is 10.6. The third-order valence-corrected chi connectivity index (χ3v) is 3.75. The Balaban J connectivity index is 1.62. The van der Waals surface area contributed by atoms with Gasteiger partial charge in [-0.15, -0.1) is 0 Å². The van der Waals surface area contributed by atoms with E-state index in [9.17, 15) is 10.1 Å². The van der Waals surface area contributed by atoms with Crippen molar-refractivity contribution in [2.45, 2.75) is 0 Å². The summed E-state index contributed by atoms with van der Waals surface area (Å²) < 4.78 is 0. The summed E-state index contributed by atoms with van der Waals surface area (Å²) >= 11 is 0. The van der Waals surface area contributed by atoms with Gasteiger partial charge in [0.05, 0.1) is 4.92 Å². The zero-order valence-electron chi connectivity index (χ0n) is 12.9. The van der Waals surface area contributed by atoms with Gasteiger partial charge < -0.3 is 15.5 Å². The summed E-state index contributed by atoms with van der Waals surface area (Å²) in [5.74, 6) is 1.66. The van der Waals surface area contributed by atoms with Crippen LogP contribution in [0.3, 0.4) is 0 Å². The molecule has 1 aliphatic rings. The first-order valence-corrected chi connectivity index (χ1v) is 7.49. The maximum absolute atomic E-state index is 10.6. The summed E-state index contributed by atoms with van der Waals surface area (Å²) in [4.78, 5) is 26.8. The molecule has 9 heteroatoms. The van der Waals surface area contributed by atoms with Crippen molar-refractivity contribution < 1.29 is 4.92 Å². The molecule has 3 heterocycles. The molecule has 3 rings (SSSR count). The first kappa shape index (κ1) is 15.7. The van der Waals surface area contributed by atoms with Gasteiger partial charge in [-0.25, -0.2) is 9.97 Å². The molecule has 1 fully saturated rings. The van der Waals surface area contributed by atoms with E-state index in [1.54, 1.807) is 6.20 Å². The van der Waals surface area contributed by atoms with Gasteiger partial charge >= 0.3 is 0 Å². The van der Waals surface area contributed by atoms with Crippen LogP contribution in [0, 0.1) is 10.1 Å². The van der Waals surface area contributed by atoms with Crippen LogP contribution in [0.5, 0.6) is 0 Å². The molecule has 124 valence electrons. The molecule has 2 aromatic rings. The molecule has 0 spiro atoms. The highest BCUT2D eigenvalue weighted by molar-refractivity contribution is 5.80. The highest BCUT2D eigenvalue weighted by Gasteiger charge is 2.19. The van der Waals surface area contributed by atoms with Crippen LogP contribution in [0.2, 0.25) is 0 Å². The fourth-order valence-corrected chi connectivity index (χ4v) is 2.45. The fraction of sp³-hybridized carbons (Fsp3) is 0.267. The zero-order chi connectivity index (χ0) is 16.9. The van der Waals surface area contributed by atoms with Crippen LogP contribution >= 0.6 is 0 Å². The summed E-state index contributed by atoms with van der Waals surface area (Å²) in [7, 11) is 0. The summed E-state index contributed by atoms with van der Waals surface area (Å²) in [6, 6.07) is 8.67. The van der Waals surface area contributed by atoms with Crippen LogP contribution in [-0.2, 0) is 0 Å². The smallest absolute Gasteiger partial charge is 0.287 e. The molecule has 2 aromatic heterocycles. The highest BCUT2D eigenvalue weighted by Crippen LogP contribution is 2.16. The molecule has 0 aliphatic carbocycles. The lowest BCUT2D eigenvalue weighted by molar-refractivity contribution is -0.385. The molecular formula is C15H17N7O2. The predicted octanol–water partition coefficient (Wildman–Crippen LogP) is 1.15. The van der Waals surface area contributed by atoms with Crippen molar-refractivity contribution in [1.29, 1.82) is 0 Å². The lowest BCUT2D eigenvalue weighted by Gasteiger charge is -2.35. The van der Waals surface area contributed by atoms with E-state index >= 15 is 0 Å². The number of aromatic nitrogens is 2. The summed E-state index contributed by atoms with van der Waals surface area (Å²) in [6.07, 6.45) is 2.95. The highest BCUT2D eigenvalue weighted by atomic mass is 16.6. The number of hydrogen-bond donors (Lipinski definition) is 1. The molecule has 0 saturated carbocycles. The van der Waals surface area contributed by atoms with Crippen molar-refractivity contribution in [1.82, 2.24) is 14.9 Å². The molecule has 1 saturated heterocycles. The number of piperazine rings is 1. The van der Waals surface area contributed by atoms with Crippen LogP contribution in [0.25, 0.3) is 0 Å². The largest absolute Gasteiger partial charge is 0.369 e. The Hall–Kier alpha value is -3.23. The monoisotopic (exact) mass is 327 g/mol. The second-order valence-electron chi connectivity index (χ2n) is 5.26. The number of nitrogens with zero attached hydrogens (tertiary/aromatic N) is 6. The third kappa shape index (κ3) is 3.57. The van der Waals surface area contributed by atoms with Gasteiger partial charge in [-0.05, 0) is 18.2 Å². The predicted molar refractivity (Wildman–Crippen MR) is 90.2 cm³/mol. The number of nitrogens with two attached hydrogens (primary N) is 1. The number of pyridine rings is 2. The Bertz CT molecular complexity index is 725. The number of nitro groups is 1. The van der Waals surface area contributed by atoms with Crippen LogP contribution in [-0.4, -0.2) is 51.9 Å². The van der Waals surface area contributed by atoms with Crippen LogP contribution in [0.4, 0.5) is 17.3 Å². The van der Waals surface area contributed by atoms with Crippen LogP contribution in [0.15, 0.2) is 47.7 Å². The molecule has 2 N–H and O–H groups in total. The molecule has 0 bridgehead atoms. The van der Waals surface area contributed by atoms with E-state index < -0.39 is 4.92 Å². The number of hydrogen-bond acceptors (Lipinski definition) is 6. The Morgan fingerprint density at radius 1 is 1.17 bits per heavy atom. The average molecular weight is 327 g/mol. The van der Waals surface area contributed by atoms with Gasteiger partial charge in [-0.1, -0.05) is 6.07 Å². The second-order valence-corrected chi connectivity index (χ2v) is 5.26. The first-order valence-electron chi connectivity index (χ1n) is 7.49. The maximum atomic E-state index is 10.6. The Morgan fingerprint density at radius 3 is 2.54 bits per heavy atom. The van der Waals surface area contributed by atoms with Gasteiger partial charge in [0.25, 0.3) is 5.69 Å². The number of anilines is 1. The van der Waals surface area contributed by atoms with Crippen molar-refractivity contribution in [2.75, 3.05) is 31.1 Å². The minimum atomic E-state index is -0.499. The Morgan fingerprint density at radius 2 is 1.96 bits per heavy atom. The summed E-state index contributed by atoms with van der Waals surface area (Å²) in [6.45, 7) is 3.03. The molecular weight excluding hydrogens is 310 g/mol. The first-order chi connectivity index (χ1) is 11.6. The van der Waals surface area contributed by atoms with Gasteiger partial charge in [-0.3, -0.25) is 10.1 Å². The van der Waals surface area contributed by atoms with Gasteiger partial charge in [-0.2, -0.15) is 4.99 Å². The van der Waals surface area contributed by atoms with E-state index in [2.05, 4.69) is 19.9 Å². The van der Waals surface area contributed by atoms with Crippen molar-refractivity contribution in [3.8, 4) is 0 Å². The minimum absolute atomic E-state index is 0.0727. The number of rotatable bonds is 3. The van der Waals surface area contributed by atoms with Crippen LogP contribution < -0.4 is 10.6 Å². The van der Waals surface area contributed by atoms with Crippen molar-refractivity contribution >= 4 is 23.3 Å². The second kappa shape index (κ2) is 6.90. The standard InChI is InChI=1S/C15H17N7O2/c16-15(19-13-5-4-12(11-18-13)22(23)24)21-9-7-20(8-10-21)14-3-1-2-6-17-14/h1-6,11H,7-10H2,(H2,16,18,19). The molecule has 0 amide bonds. The number of guanidine groups is 1. The average Bonchev–Trinajstić information content (AvgIpc) is 2.63. The van der Waals surface area contributed by atoms with E-state index in [1.165, 1.54) is 18.3 Å². The van der Waals surface area contributed by atoms with E-state index in [-0.39, 0.29) is 5.69 Å². The molecule has 1 aliphatic heterocycles. The zero-order valence-corrected chi connectivity index (χ0v) is 12.9. The molecule has 24 heavy (non-hydrogen) atoms. The SMILES string of the molecule is NC(=Nc1ccc([N+](=O)[O-])cn1)N1CCN(c2ccccn2)CC1. The minimum Gasteiger partial charge on any atom is -0.369 e. The van der Waals surface area contributed by atoms with E-state index in [0.29, 0.717) is 11.8 Å². The summed E-state index contributed by atoms with van der Waals surface area (Å²) in [5.41, 5.74) is 5.96.